The van der Waals surface area contributed by atoms with Crippen molar-refractivity contribution in [1.29, 1.82) is 0 Å². The first kappa shape index (κ1) is 15.1. The van der Waals surface area contributed by atoms with Crippen molar-refractivity contribution in [3.05, 3.63) is 34.9 Å². The predicted octanol–water partition coefficient (Wildman–Crippen LogP) is 2.12. The van der Waals surface area contributed by atoms with Crippen LogP contribution in [0.3, 0.4) is 0 Å². The molecule has 5 heteroatoms. The molecule has 0 heterocycles. The van der Waals surface area contributed by atoms with Crippen LogP contribution in [0.1, 0.15) is 17.3 Å². The lowest BCUT2D eigenvalue weighted by Crippen LogP contribution is -2.40. The van der Waals surface area contributed by atoms with E-state index in [9.17, 15) is 4.79 Å². The van der Waals surface area contributed by atoms with Gasteiger partial charge in [-0.3, -0.25) is 4.79 Å². The van der Waals surface area contributed by atoms with Crippen molar-refractivity contribution < 1.29 is 14.3 Å². The average Bonchev–Trinajstić information content (AvgIpc) is 2.39. The van der Waals surface area contributed by atoms with Crippen LogP contribution < -0.4 is 5.32 Å². The van der Waals surface area contributed by atoms with E-state index in [4.69, 9.17) is 21.1 Å². The van der Waals surface area contributed by atoms with Gasteiger partial charge in [0, 0.05) is 31.4 Å². The number of methoxy groups -OCH3 is 2. The van der Waals surface area contributed by atoms with Gasteiger partial charge in [0.25, 0.3) is 0 Å². The Morgan fingerprint density at radius 3 is 2.33 bits per heavy atom. The van der Waals surface area contributed by atoms with Crippen molar-refractivity contribution in [1.82, 2.24) is 5.32 Å². The lowest BCUT2D eigenvalue weighted by Gasteiger charge is -2.17. The van der Waals surface area contributed by atoms with E-state index in [1.807, 2.05) is 0 Å². The number of hydrogen-bond donors (Lipinski definition) is 1. The molecule has 0 fully saturated rings. The molecule has 1 N–H and O–H groups in total. The summed E-state index contributed by atoms with van der Waals surface area (Å²) >= 11 is 5.78. The summed E-state index contributed by atoms with van der Waals surface area (Å²) in [5, 5.41) is 3.68. The van der Waals surface area contributed by atoms with E-state index in [-0.39, 0.29) is 18.1 Å². The third kappa shape index (κ3) is 4.38. The van der Waals surface area contributed by atoms with Crippen molar-refractivity contribution in [3.8, 4) is 0 Å². The van der Waals surface area contributed by atoms with Crippen LogP contribution in [0.15, 0.2) is 24.3 Å². The van der Waals surface area contributed by atoms with Crippen LogP contribution in [-0.2, 0) is 9.47 Å². The zero-order chi connectivity index (χ0) is 13.5. The van der Waals surface area contributed by atoms with Crippen LogP contribution in [0, 0.1) is 0 Å². The zero-order valence-electron chi connectivity index (χ0n) is 10.8. The molecule has 0 aliphatic carbocycles. The number of rotatable bonds is 7. The van der Waals surface area contributed by atoms with Crippen LogP contribution in [0.5, 0.6) is 0 Å². The maximum absolute atomic E-state index is 12.1. The third-order valence-electron chi connectivity index (χ3n) is 2.64. The van der Waals surface area contributed by atoms with E-state index in [0.717, 1.165) is 0 Å². The van der Waals surface area contributed by atoms with Crippen LogP contribution in [0.4, 0.5) is 0 Å². The third-order valence-corrected chi connectivity index (χ3v) is 2.89. The van der Waals surface area contributed by atoms with Gasteiger partial charge in [-0.2, -0.15) is 0 Å². The molecular formula is C13H18ClNO3. The van der Waals surface area contributed by atoms with Crippen molar-refractivity contribution in [2.45, 2.75) is 19.3 Å². The molecule has 0 aromatic heterocycles. The number of carbonyl (C=O) groups is 1. The largest absolute Gasteiger partial charge is 0.355 e. The molecule has 0 amide bonds. The van der Waals surface area contributed by atoms with Gasteiger partial charge in [0.05, 0.1) is 6.04 Å². The molecule has 1 aromatic rings. The minimum Gasteiger partial charge on any atom is -0.355 e. The second-order valence-corrected chi connectivity index (χ2v) is 4.34. The quantitative estimate of drug-likeness (QED) is 0.610. The maximum Gasteiger partial charge on any atom is 0.179 e. The number of carbonyl (C=O) groups excluding carboxylic acids is 1. The van der Waals surface area contributed by atoms with Gasteiger partial charge in [0.15, 0.2) is 12.1 Å². The fraction of sp³-hybridized carbons (Fsp3) is 0.462. The molecule has 1 unspecified atom stereocenters. The smallest absolute Gasteiger partial charge is 0.179 e. The highest BCUT2D eigenvalue weighted by Gasteiger charge is 2.16. The molecule has 0 saturated carbocycles. The summed E-state index contributed by atoms with van der Waals surface area (Å²) in [6.07, 6.45) is -0.356. The monoisotopic (exact) mass is 271 g/mol. The standard InChI is InChI=1S/C13H18ClNO3/c1-9(15-8-12(17-2)18-3)13(16)10-4-6-11(14)7-5-10/h4-7,9,12,15H,8H2,1-3H3. The zero-order valence-corrected chi connectivity index (χ0v) is 11.5. The Bertz CT molecular complexity index is 376. The molecule has 0 aliphatic rings. The van der Waals surface area contributed by atoms with E-state index in [1.54, 1.807) is 45.4 Å². The first-order valence-corrected chi connectivity index (χ1v) is 6.05. The highest BCUT2D eigenvalue weighted by atomic mass is 35.5. The van der Waals surface area contributed by atoms with Crippen LogP contribution in [0.25, 0.3) is 0 Å². The molecule has 0 bridgehead atoms. The summed E-state index contributed by atoms with van der Waals surface area (Å²) in [5.74, 6) is 0.0117. The summed E-state index contributed by atoms with van der Waals surface area (Å²) in [4.78, 5) is 12.1. The van der Waals surface area contributed by atoms with Crippen LogP contribution in [0.2, 0.25) is 5.02 Å². The molecule has 0 saturated heterocycles. The average molecular weight is 272 g/mol. The Balaban J connectivity index is 2.53. The second kappa shape index (κ2) is 7.48. The van der Waals surface area contributed by atoms with Gasteiger partial charge in [-0.05, 0) is 31.2 Å². The van der Waals surface area contributed by atoms with Crippen molar-refractivity contribution in [2.75, 3.05) is 20.8 Å². The van der Waals surface area contributed by atoms with Gasteiger partial charge >= 0.3 is 0 Å². The number of nitrogens with one attached hydrogen (secondary N) is 1. The Morgan fingerprint density at radius 2 is 1.83 bits per heavy atom. The number of hydrogen-bond acceptors (Lipinski definition) is 4. The molecule has 18 heavy (non-hydrogen) atoms. The minimum atomic E-state index is -0.356. The normalized spacial score (nSPS) is 12.7. The Kier molecular flexibility index (Phi) is 6.29. The van der Waals surface area contributed by atoms with E-state index < -0.39 is 0 Å². The highest BCUT2D eigenvalue weighted by Crippen LogP contribution is 2.11. The van der Waals surface area contributed by atoms with Crippen molar-refractivity contribution >= 4 is 17.4 Å². The molecule has 0 radical (unpaired) electrons. The first-order valence-electron chi connectivity index (χ1n) is 5.67. The predicted molar refractivity (Wildman–Crippen MR) is 71.1 cm³/mol. The molecule has 100 valence electrons. The van der Waals surface area contributed by atoms with Crippen molar-refractivity contribution in [2.24, 2.45) is 0 Å². The number of benzene rings is 1. The lowest BCUT2D eigenvalue weighted by atomic mass is 10.1. The minimum absolute atomic E-state index is 0.0117. The van der Waals surface area contributed by atoms with Gasteiger partial charge in [-0.15, -0.1) is 0 Å². The van der Waals surface area contributed by atoms with Gasteiger partial charge < -0.3 is 14.8 Å². The first-order chi connectivity index (χ1) is 8.58. The van der Waals surface area contributed by atoms with Gasteiger partial charge in [0.1, 0.15) is 0 Å². The van der Waals surface area contributed by atoms with E-state index in [1.165, 1.54) is 0 Å². The van der Waals surface area contributed by atoms with Gasteiger partial charge in [-0.1, -0.05) is 11.6 Å². The van der Waals surface area contributed by atoms with Gasteiger partial charge in [-0.25, -0.2) is 0 Å². The maximum atomic E-state index is 12.1. The number of halogens is 1. The topological polar surface area (TPSA) is 47.6 Å². The summed E-state index contributed by atoms with van der Waals surface area (Å²) in [6.45, 7) is 2.26. The molecule has 1 aromatic carbocycles. The number of ether oxygens (including phenoxy) is 2. The fourth-order valence-corrected chi connectivity index (χ4v) is 1.62. The number of Topliss-reactive ketones (excluding diaryl/α,β-unsaturated/α-hetero) is 1. The van der Waals surface area contributed by atoms with Gasteiger partial charge in [0.2, 0.25) is 0 Å². The number of ketones is 1. The molecule has 0 spiro atoms. The van der Waals surface area contributed by atoms with Crippen molar-refractivity contribution in [3.63, 3.8) is 0 Å². The summed E-state index contributed by atoms with van der Waals surface area (Å²) in [5.41, 5.74) is 0.630. The fourth-order valence-electron chi connectivity index (χ4n) is 1.49. The summed E-state index contributed by atoms with van der Waals surface area (Å²) in [6, 6.07) is 6.53. The van der Waals surface area contributed by atoms with Crippen LogP contribution >= 0.6 is 11.6 Å². The Hall–Kier alpha value is -0.940. The summed E-state index contributed by atoms with van der Waals surface area (Å²) in [7, 11) is 3.11. The Morgan fingerprint density at radius 1 is 1.28 bits per heavy atom. The second-order valence-electron chi connectivity index (χ2n) is 3.90. The molecule has 1 rings (SSSR count). The molecular weight excluding hydrogens is 254 g/mol. The van der Waals surface area contributed by atoms with E-state index >= 15 is 0 Å². The van der Waals surface area contributed by atoms with Crippen LogP contribution in [-0.4, -0.2) is 38.9 Å². The molecule has 4 nitrogen and oxygen atoms in total. The van der Waals surface area contributed by atoms with E-state index in [2.05, 4.69) is 5.32 Å². The summed E-state index contributed by atoms with van der Waals surface area (Å²) < 4.78 is 10.1. The SMILES string of the molecule is COC(CNC(C)C(=O)c1ccc(Cl)cc1)OC. The Labute approximate surface area is 112 Å². The highest BCUT2D eigenvalue weighted by molar-refractivity contribution is 6.30. The lowest BCUT2D eigenvalue weighted by molar-refractivity contribution is -0.0992. The van der Waals surface area contributed by atoms with E-state index in [0.29, 0.717) is 17.1 Å². The molecule has 0 aliphatic heterocycles. The molecule has 1 atom stereocenters.